The number of hydrogen-bond acceptors (Lipinski definition) is 4. The predicted molar refractivity (Wildman–Crippen MR) is 123 cm³/mol. The van der Waals surface area contributed by atoms with Gasteiger partial charge in [-0.3, -0.25) is 23.8 Å². The molecule has 8 nitrogen and oxygen atoms in total. The Morgan fingerprint density at radius 2 is 1.75 bits per heavy atom. The lowest BCUT2D eigenvalue weighted by atomic mass is 10.2. The number of aromatic nitrogens is 4. The Morgan fingerprint density at radius 3 is 2.53 bits per heavy atom. The van der Waals surface area contributed by atoms with Crippen LogP contribution < -0.4 is 16.6 Å². The van der Waals surface area contributed by atoms with Crippen molar-refractivity contribution in [2.45, 2.75) is 39.9 Å². The number of para-hydroxylation sites is 1. The molecule has 0 atom stereocenters. The highest BCUT2D eigenvalue weighted by molar-refractivity contribution is 5.78. The van der Waals surface area contributed by atoms with Gasteiger partial charge in [0, 0.05) is 30.8 Å². The first-order chi connectivity index (χ1) is 15.4. The summed E-state index contributed by atoms with van der Waals surface area (Å²) in [5.41, 5.74) is 3.60. The molecule has 2 aromatic carbocycles. The van der Waals surface area contributed by atoms with Gasteiger partial charge in [0.1, 0.15) is 0 Å². The van der Waals surface area contributed by atoms with Crippen LogP contribution in [0.4, 0.5) is 0 Å². The largest absolute Gasteiger partial charge is 0.352 e. The van der Waals surface area contributed by atoms with E-state index in [0.29, 0.717) is 24.0 Å². The van der Waals surface area contributed by atoms with Crippen molar-refractivity contribution in [2.75, 3.05) is 0 Å². The fourth-order valence-corrected chi connectivity index (χ4v) is 3.85. The van der Waals surface area contributed by atoms with Gasteiger partial charge in [-0.15, -0.1) is 0 Å². The highest BCUT2D eigenvalue weighted by Gasteiger charge is 2.14. The van der Waals surface area contributed by atoms with Gasteiger partial charge in [0.15, 0.2) is 0 Å². The Balaban J connectivity index is 1.42. The number of H-pyrrole nitrogens is 1. The number of amides is 1. The van der Waals surface area contributed by atoms with E-state index >= 15 is 0 Å². The Labute approximate surface area is 184 Å². The van der Waals surface area contributed by atoms with Crippen molar-refractivity contribution in [1.29, 1.82) is 0 Å². The number of nitrogens with zero attached hydrogens (tertiary/aromatic N) is 3. The van der Waals surface area contributed by atoms with Gasteiger partial charge in [-0.2, -0.15) is 5.10 Å². The molecule has 4 rings (SSSR count). The molecule has 4 aromatic rings. The number of aromatic amines is 1. The normalized spacial score (nSPS) is 11.1. The first kappa shape index (κ1) is 21.3. The summed E-state index contributed by atoms with van der Waals surface area (Å²) >= 11 is 0. The zero-order chi connectivity index (χ0) is 22.7. The summed E-state index contributed by atoms with van der Waals surface area (Å²) in [6.45, 7) is 5.14. The fraction of sp³-hybridized carbons (Fsp3) is 0.250. The van der Waals surface area contributed by atoms with Gasteiger partial charge in [0.2, 0.25) is 5.91 Å². The smallest absolute Gasteiger partial charge is 0.328 e. The number of carbonyl (C=O) groups excluding carboxylic acids is 1. The third-order valence-corrected chi connectivity index (χ3v) is 5.64. The van der Waals surface area contributed by atoms with Crippen molar-refractivity contribution in [3.05, 3.63) is 98.0 Å². The van der Waals surface area contributed by atoms with Crippen LogP contribution in [0.1, 0.15) is 28.9 Å². The van der Waals surface area contributed by atoms with E-state index in [1.165, 1.54) is 4.57 Å². The minimum Gasteiger partial charge on any atom is -0.352 e. The Bertz CT molecular complexity index is 1380. The molecule has 8 heteroatoms. The molecule has 0 aliphatic heterocycles. The van der Waals surface area contributed by atoms with E-state index in [-0.39, 0.29) is 18.9 Å². The second kappa shape index (κ2) is 9.05. The van der Waals surface area contributed by atoms with Crippen LogP contribution in [0, 0.1) is 13.8 Å². The Hall–Kier alpha value is -3.94. The molecule has 0 fully saturated rings. The standard InChI is InChI=1S/C24H25N5O3/c1-16-20(17(2)29(27-16)15-18-8-4-3-5-9-18)14-25-22(30)12-13-28-21-11-7-6-10-19(21)23(31)26-24(28)32/h3-11H,12-15H2,1-2H3,(H,25,30)(H,26,31,32). The molecule has 0 bridgehead atoms. The highest BCUT2D eigenvalue weighted by atomic mass is 16.2. The summed E-state index contributed by atoms with van der Waals surface area (Å²) in [5.74, 6) is -0.179. The molecular weight excluding hydrogens is 406 g/mol. The average Bonchev–Trinajstić information content (AvgIpc) is 3.05. The number of fused-ring (bicyclic) bond motifs is 1. The van der Waals surface area contributed by atoms with Gasteiger partial charge in [0.05, 0.1) is 23.1 Å². The topological polar surface area (TPSA) is 102 Å². The Kier molecular flexibility index (Phi) is 6.02. The van der Waals surface area contributed by atoms with Gasteiger partial charge in [-0.1, -0.05) is 42.5 Å². The van der Waals surface area contributed by atoms with E-state index in [4.69, 9.17) is 0 Å². The van der Waals surface area contributed by atoms with Crippen LogP contribution in [0.25, 0.3) is 10.9 Å². The molecule has 0 aliphatic rings. The second-order valence-corrected chi connectivity index (χ2v) is 7.75. The van der Waals surface area contributed by atoms with E-state index < -0.39 is 11.2 Å². The molecule has 32 heavy (non-hydrogen) atoms. The molecule has 0 aliphatic carbocycles. The summed E-state index contributed by atoms with van der Waals surface area (Å²) in [6.07, 6.45) is 0.117. The second-order valence-electron chi connectivity index (χ2n) is 7.75. The Morgan fingerprint density at radius 1 is 1.03 bits per heavy atom. The van der Waals surface area contributed by atoms with Crippen LogP contribution in [0.5, 0.6) is 0 Å². The molecule has 2 N–H and O–H groups in total. The van der Waals surface area contributed by atoms with Crippen LogP contribution in [-0.2, 0) is 24.4 Å². The molecule has 0 saturated heterocycles. The maximum Gasteiger partial charge on any atom is 0.328 e. The summed E-state index contributed by atoms with van der Waals surface area (Å²) in [7, 11) is 0. The predicted octanol–water partition coefficient (Wildman–Crippen LogP) is 2.26. The van der Waals surface area contributed by atoms with Gasteiger partial charge in [-0.05, 0) is 31.5 Å². The summed E-state index contributed by atoms with van der Waals surface area (Å²) in [4.78, 5) is 39.0. The molecule has 0 unspecified atom stereocenters. The van der Waals surface area contributed by atoms with Crippen LogP contribution in [0.15, 0.2) is 64.2 Å². The molecule has 0 saturated carbocycles. The lowest BCUT2D eigenvalue weighted by Gasteiger charge is -2.10. The molecule has 2 heterocycles. The molecule has 0 spiro atoms. The summed E-state index contributed by atoms with van der Waals surface area (Å²) in [5, 5.41) is 7.97. The van der Waals surface area contributed by atoms with Crippen molar-refractivity contribution in [2.24, 2.45) is 0 Å². The minimum absolute atomic E-state index is 0.117. The molecule has 164 valence electrons. The average molecular weight is 431 g/mol. The van der Waals surface area contributed by atoms with E-state index in [1.807, 2.05) is 36.7 Å². The molecule has 2 aromatic heterocycles. The quantitative estimate of drug-likeness (QED) is 0.469. The number of carbonyl (C=O) groups is 1. The van der Waals surface area contributed by atoms with Gasteiger partial charge >= 0.3 is 5.69 Å². The number of benzene rings is 2. The van der Waals surface area contributed by atoms with Crippen molar-refractivity contribution in [3.63, 3.8) is 0 Å². The van der Waals surface area contributed by atoms with E-state index in [9.17, 15) is 14.4 Å². The van der Waals surface area contributed by atoms with Crippen LogP contribution in [-0.4, -0.2) is 25.2 Å². The van der Waals surface area contributed by atoms with Gasteiger partial charge < -0.3 is 5.32 Å². The molecule has 0 radical (unpaired) electrons. The molecular formula is C24H25N5O3. The number of aryl methyl sites for hydroxylation is 2. The van der Waals surface area contributed by atoms with Crippen LogP contribution in [0.2, 0.25) is 0 Å². The van der Waals surface area contributed by atoms with Gasteiger partial charge in [-0.25, -0.2) is 4.79 Å². The van der Waals surface area contributed by atoms with Gasteiger partial charge in [0.25, 0.3) is 5.56 Å². The lowest BCUT2D eigenvalue weighted by molar-refractivity contribution is -0.121. The zero-order valence-electron chi connectivity index (χ0n) is 18.1. The van der Waals surface area contributed by atoms with E-state index in [1.54, 1.807) is 24.3 Å². The van der Waals surface area contributed by atoms with Crippen molar-refractivity contribution >= 4 is 16.8 Å². The summed E-state index contributed by atoms with van der Waals surface area (Å²) < 4.78 is 3.36. The molecule has 1 amide bonds. The van der Waals surface area contributed by atoms with Crippen LogP contribution in [0.3, 0.4) is 0 Å². The van der Waals surface area contributed by atoms with E-state index in [0.717, 1.165) is 22.5 Å². The number of rotatable bonds is 7. The number of nitrogens with one attached hydrogen (secondary N) is 2. The van der Waals surface area contributed by atoms with E-state index in [2.05, 4.69) is 27.5 Å². The minimum atomic E-state index is -0.518. The SMILES string of the molecule is Cc1nn(Cc2ccccc2)c(C)c1CNC(=O)CCn1c(=O)[nH]c(=O)c2ccccc21. The first-order valence-electron chi connectivity index (χ1n) is 10.5. The maximum atomic E-state index is 12.5. The monoisotopic (exact) mass is 431 g/mol. The maximum absolute atomic E-state index is 12.5. The van der Waals surface area contributed by atoms with Crippen molar-refractivity contribution in [1.82, 2.24) is 24.6 Å². The van der Waals surface area contributed by atoms with Crippen molar-refractivity contribution < 1.29 is 4.79 Å². The first-order valence-corrected chi connectivity index (χ1v) is 10.5. The third-order valence-electron chi connectivity index (χ3n) is 5.64. The third kappa shape index (κ3) is 4.39. The van der Waals surface area contributed by atoms with Crippen LogP contribution >= 0.6 is 0 Å². The number of hydrogen-bond donors (Lipinski definition) is 2. The summed E-state index contributed by atoms with van der Waals surface area (Å²) in [6, 6.07) is 17.0. The zero-order valence-corrected chi connectivity index (χ0v) is 18.1. The lowest BCUT2D eigenvalue weighted by Crippen LogP contribution is -2.32. The fourth-order valence-electron chi connectivity index (χ4n) is 3.85. The van der Waals surface area contributed by atoms with Crippen molar-refractivity contribution in [3.8, 4) is 0 Å². The highest BCUT2D eigenvalue weighted by Crippen LogP contribution is 2.15.